The van der Waals surface area contributed by atoms with Gasteiger partial charge in [-0.1, -0.05) is 32.4 Å². The fraction of sp³-hybridized carbons (Fsp3) is 0.412. The normalized spacial score (nSPS) is 11.6. The number of nitrogens with zero attached hydrogens (tertiary/aromatic N) is 2. The Labute approximate surface area is 140 Å². The number of rotatable bonds is 3. The monoisotopic (exact) mass is 337 g/mol. The predicted molar refractivity (Wildman–Crippen MR) is 90.1 cm³/mol. The summed E-state index contributed by atoms with van der Waals surface area (Å²) in [6.07, 6.45) is 1.67. The first-order valence-electron chi connectivity index (χ1n) is 7.38. The first kappa shape index (κ1) is 17.5. The molecule has 0 fully saturated rings. The van der Waals surface area contributed by atoms with Gasteiger partial charge in [0, 0.05) is 18.3 Å². The molecule has 0 spiro atoms. The van der Waals surface area contributed by atoms with E-state index in [-0.39, 0.29) is 22.9 Å². The standard InChI is InChI=1S/C17H21ClFN3O/c1-10-12(8-21-22(10)9-15(23)20-5)11-6-13(17(2,3)4)16(19)14(18)7-11/h6-8H,9H2,1-5H3,(H,20,23). The van der Waals surface area contributed by atoms with Crippen molar-refractivity contribution < 1.29 is 9.18 Å². The van der Waals surface area contributed by atoms with Crippen LogP contribution in [-0.2, 0) is 16.8 Å². The summed E-state index contributed by atoms with van der Waals surface area (Å²) < 4.78 is 15.9. The van der Waals surface area contributed by atoms with Crippen molar-refractivity contribution in [1.82, 2.24) is 15.1 Å². The third kappa shape index (κ3) is 3.55. The Morgan fingerprint density at radius 3 is 2.61 bits per heavy atom. The Kier molecular flexibility index (Phi) is 4.80. The maximum Gasteiger partial charge on any atom is 0.241 e. The lowest BCUT2D eigenvalue weighted by molar-refractivity contribution is -0.121. The van der Waals surface area contributed by atoms with Gasteiger partial charge in [0.15, 0.2) is 0 Å². The van der Waals surface area contributed by atoms with Crippen molar-refractivity contribution in [2.45, 2.75) is 39.7 Å². The summed E-state index contributed by atoms with van der Waals surface area (Å²) in [7, 11) is 1.58. The zero-order valence-corrected chi connectivity index (χ0v) is 14.8. The van der Waals surface area contributed by atoms with Crippen molar-refractivity contribution >= 4 is 17.5 Å². The Morgan fingerprint density at radius 1 is 1.39 bits per heavy atom. The van der Waals surface area contributed by atoms with Crippen LogP contribution in [-0.4, -0.2) is 22.7 Å². The third-order valence-electron chi connectivity index (χ3n) is 3.82. The van der Waals surface area contributed by atoms with Gasteiger partial charge in [-0.3, -0.25) is 9.48 Å². The number of aromatic nitrogens is 2. The van der Waals surface area contributed by atoms with Gasteiger partial charge in [0.05, 0.1) is 11.2 Å². The fourth-order valence-electron chi connectivity index (χ4n) is 2.39. The zero-order valence-electron chi connectivity index (χ0n) is 14.0. The molecule has 0 aliphatic rings. The van der Waals surface area contributed by atoms with E-state index in [2.05, 4.69) is 10.4 Å². The molecule has 0 unspecified atom stereocenters. The SMILES string of the molecule is CNC(=O)Cn1ncc(-c2cc(Cl)c(F)c(C(C)(C)C)c2)c1C. The van der Waals surface area contributed by atoms with Crippen LogP contribution >= 0.6 is 11.6 Å². The molecule has 1 N–H and O–H groups in total. The van der Waals surface area contributed by atoms with Gasteiger partial charge in [-0.25, -0.2) is 4.39 Å². The van der Waals surface area contributed by atoms with Crippen molar-refractivity contribution in [3.63, 3.8) is 0 Å². The van der Waals surface area contributed by atoms with E-state index in [1.165, 1.54) is 0 Å². The molecular weight excluding hydrogens is 317 g/mol. The highest BCUT2D eigenvalue weighted by molar-refractivity contribution is 6.31. The van der Waals surface area contributed by atoms with Gasteiger partial charge in [-0.05, 0) is 35.6 Å². The number of hydrogen-bond donors (Lipinski definition) is 1. The van der Waals surface area contributed by atoms with Crippen LogP contribution in [0.15, 0.2) is 18.3 Å². The summed E-state index contributed by atoms with van der Waals surface area (Å²) in [5.41, 5.74) is 2.65. The van der Waals surface area contributed by atoms with Crippen LogP contribution in [0.5, 0.6) is 0 Å². The molecule has 1 aromatic carbocycles. The Hall–Kier alpha value is -1.88. The fourth-order valence-corrected chi connectivity index (χ4v) is 2.61. The summed E-state index contributed by atoms with van der Waals surface area (Å²) in [5, 5.41) is 6.90. The maximum absolute atomic E-state index is 14.3. The summed E-state index contributed by atoms with van der Waals surface area (Å²) >= 11 is 6.07. The quantitative estimate of drug-likeness (QED) is 0.928. The lowest BCUT2D eigenvalue weighted by Gasteiger charge is -2.21. The van der Waals surface area contributed by atoms with Gasteiger partial charge in [0.25, 0.3) is 0 Å². The van der Waals surface area contributed by atoms with E-state index in [1.807, 2.05) is 27.7 Å². The first-order chi connectivity index (χ1) is 10.6. The minimum absolute atomic E-state index is 0.0888. The molecule has 0 saturated heterocycles. The highest BCUT2D eigenvalue weighted by atomic mass is 35.5. The molecule has 1 heterocycles. The molecule has 6 heteroatoms. The molecule has 0 saturated carbocycles. The highest BCUT2D eigenvalue weighted by Crippen LogP contribution is 2.35. The number of hydrogen-bond acceptors (Lipinski definition) is 2. The molecule has 2 rings (SSSR count). The molecule has 1 amide bonds. The van der Waals surface area contributed by atoms with Gasteiger partial charge >= 0.3 is 0 Å². The number of carbonyl (C=O) groups excluding carboxylic acids is 1. The second-order valence-electron chi connectivity index (χ2n) is 6.54. The van der Waals surface area contributed by atoms with E-state index in [0.717, 1.165) is 16.8 Å². The topological polar surface area (TPSA) is 46.9 Å². The van der Waals surface area contributed by atoms with Crippen LogP contribution in [0, 0.1) is 12.7 Å². The largest absolute Gasteiger partial charge is 0.358 e. The van der Waals surface area contributed by atoms with E-state index >= 15 is 0 Å². The lowest BCUT2D eigenvalue weighted by atomic mass is 9.85. The van der Waals surface area contributed by atoms with Gasteiger partial charge in [-0.2, -0.15) is 5.10 Å². The Morgan fingerprint density at radius 2 is 2.04 bits per heavy atom. The minimum Gasteiger partial charge on any atom is -0.358 e. The van der Waals surface area contributed by atoms with Crippen LogP contribution < -0.4 is 5.32 Å². The van der Waals surface area contributed by atoms with E-state index in [0.29, 0.717) is 5.56 Å². The summed E-state index contributed by atoms with van der Waals surface area (Å²) in [4.78, 5) is 11.5. The van der Waals surface area contributed by atoms with E-state index in [9.17, 15) is 9.18 Å². The van der Waals surface area contributed by atoms with Crippen LogP contribution in [0.1, 0.15) is 32.0 Å². The molecule has 23 heavy (non-hydrogen) atoms. The maximum atomic E-state index is 14.3. The van der Waals surface area contributed by atoms with E-state index in [1.54, 1.807) is 30.1 Å². The Balaban J connectivity index is 2.51. The number of likely N-dealkylation sites (N-methyl/N-ethyl adjacent to an activating group) is 1. The van der Waals surface area contributed by atoms with Crippen LogP contribution in [0.4, 0.5) is 4.39 Å². The molecule has 1 aromatic heterocycles. The molecule has 0 aliphatic heterocycles. The van der Waals surface area contributed by atoms with Crippen molar-refractivity contribution in [2.75, 3.05) is 7.05 Å². The lowest BCUT2D eigenvalue weighted by Crippen LogP contribution is -2.24. The Bertz CT molecular complexity index is 747. The molecule has 0 bridgehead atoms. The average Bonchev–Trinajstić information content (AvgIpc) is 2.81. The summed E-state index contributed by atoms with van der Waals surface area (Å²) in [6, 6.07) is 3.40. The minimum atomic E-state index is -0.390. The van der Waals surface area contributed by atoms with Crippen molar-refractivity contribution in [1.29, 1.82) is 0 Å². The zero-order chi connectivity index (χ0) is 17.4. The average molecular weight is 338 g/mol. The molecule has 124 valence electrons. The van der Waals surface area contributed by atoms with Crippen LogP contribution in [0.2, 0.25) is 5.02 Å². The van der Waals surface area contributed by atoms with Gasteiger partial charge in [0.1, 0.15) is 12.4 Å². The molecule has 0 aliphatic carbocycles. The summed E-state index contributed by atoms with van der Waals surface area (Å²) in [5.74, 6) is -0.520. The van der Waals surface area contributed by atoms with Gasteiger partial charge < -0.3 is 5.32 Å². The van der Waals surface area contributed by atoms with Crippen molar-refractivity contribution in [2.24, 2.45) is 0 Å². The second kappa shape index (κ2) is 6.32. The smallest absolute Gasteiger partial charge is 0.241 e. The predicted octanol–water partition coefficient (Wildman–Crippen LogP) is 3.69. The van der Waals surface area contributed by atoms with Crippen molar-refractivity contribution in [3.05, 3.63) is 40.4 Å². The first-order valence-corrected chi connectivity index (χ1v) is 7.76. The summed E-state index contributed by atoms with van der Waals surface area (Å²) in [6.45, 7) is 7.83. The highest BCUT2D eigenvalue weighted by Gasteiger charge is 2.22. The van der Waals surface area contributed by atoms with Gasteiger partial charge in [-0.15, -0.1) is 0 Å². The number of nitrogens with one attached hydrogen (secondary N) is 1. The van der Waals surface area contributed by atoms with E-state index < -0.39 is 5.82 Å². The molecule has 4 nitrogen and oxygen atoms in total. The second-order valence-corrected chi connectivity index (χ2v) is 6.95. The molecule has 2 aromatic rings. The third-order valence-corrected chi connectivity index (χ3v) is 4.10. The number of carbonyl (C=O) groups is 1. The number of halogens is 2. The van der Waals surface area contributed by atoms with Gasteiger partial charge in [0.2, 0.25) is 5.91 Å². The number of benzene rings is 1. The molecule has 0 atom stereocenters. The molecular formula is C17H21ClFN3O. The van der Waals surface area contributed by atoms with Crippen molar-refractivity contribution in [3.8, 4) is 11.1 Å². The number of amides is 1. The van der Waals surface area contributed by atoms with E-state index in [4.69, 9.17) is 11.6 Å². The van der Waals surface area contributed by atoms with Crippen LogP contribution in [0.25, 0.3) is 11.1 Å². The molecule has 0 radical (unpaired) electrons. The van der Waals surface area contributed by atoms with Crippen LogP contribution in [0.3, 0.4) is 0 Å².